The van der Waals surface area contributed by atoms with Crippen molar-refractivity contribution in [1.82, 2.24) is 4.90 Å². The number of nitrogens with zero attached hydrogens (tertiary/aromatic N) is 1. The molecule has 0 aliphatic carbocycles. The molecule has 0 saturated carbocycles. The van der Waals surface area contributed by atoms with Crippen LogP contribution < -0.4 is 15.4 Å². The van der Waals surface area contributed by atoms with E-state index in [0.29, 0.717) is 11.4 Å². The molecule has 3 rings (SSSR count). The molecule has 6 nitrogen and oxygen atoms in total. The number of hydrogen-bond donors (Lipinski definition) is 2. The van der Waals surface area contributed by atoms with Crippen LogP contribution in [0.15, 0.2) is 66.7 Å². The van der Waals surface area contributed by atoms with Gasteiger partial charge in [-0.15, -0.1) is 0 Å². The summed E-state index contributed by atoms with van der Waals surface area (Å²) in [5.74, 6) is 0.294. The van der Waals surface area contributed by atoms with Gasteiger partial charge in [0, 0.05) is 17.4 Å². The molecule has 1 atom stereocenters. The summed E-state index contributed by atoms with van der Waals surface area (Å²) < 4.78 is 5.16. The van der Waals surface area contributed by atoms with Gasteiger partial charge in [0.1, 0.15) is 5.75 Å². The van der Waals surface area contributed by atoms with Gasteiger partial charge in [-0.25, -0.2) is 0 Å². The summed E-state index contributed by atoms with van der Waals surface area (Å²) >= 11 is 0. The quantitative estimate of drug-likeness (QED) is 0.644. The Kier molecular flexibility index (Phi) is 6.46. The van der Waals surface area contributed by atoms with E-state index in [1.807, 2.05) is 42.5 Å². The summed E-state index contributed by atoms with van der Waals surface area (Å²) in [6.45, 7) is 1.86. The lowest BCUT2D eigenvalue weighted by atomic mass is 10.1. The number of ether oxygens (including phenoxy) is 1. The second-order valence-electron chi connectivity index (χ2n) is 6.92. The smallest absolute Gasteiger partial charge is 0.241 e. The van der Waals surface area contributed by atoms with Gasteiger partial charge in [-0.05, 0) is 49.0 Å². The first kappa shape index (κ1) is 20.4. The third kappa shape index (κ3) is 5.33. The topological polar surface area (TPSA) is 70.7 Å². The summed E-state index contributed by atoms with van der Waals surface area (Å²) in [4.78, 5) is 26.6. The molecule has 0 unspecified atom stereocenters. The summed E-state index contributed by atoms with van der Waals surface area (Å²) in [5, 5.41) is 7.92. The maximum atomic E-state index is 12.6. The molecule has 0 aliphatic rings. The van der Waals surface area contributed by atoms with Crippen LogP contribution >= 0.6 is 0 Å². The van der Waals surface area contributed by atoms with Gasteiger partial charge in [-0.2, -0.15) is 0 Å². The molecule has 0 heterocycles. The number of methoxy groups -OCH3 is 1. The number of benzene rings is 3. The van der Waals surface area contributed by atoms with Crippen molar-refractivity contribution in [3.05, 3.63) is 66.7 Å². The first-order valence-electron chi connectivity index (χ1n) is 9.40. The molecule has 0 fully saturated rings. The van der Waals surface area contributed by atoms with Crippen molar-refractivity contribution in [3.8, 4) is 5.75 Å². The van der Waals surface area contributed by atoms with Gasteiger partial charge in [-0.1, -0.05) is 36.4 Å². The van der Waals surface area contributed by atoms with Crippen molar-refractivity contribution in [3.63, 3.8) is 0 Å². The van der Waals surface area contributed by atoms with E-state index in [-0.39, 0.29) is 18.4 Å². The molecular formula is C23H25N3O3. The van der Waals surface area contributed by atoms with Gasteiger partial charge in [0.15, 0.2) is 0 Å². The van der Waals surface area contributed by atoms with Gasteiger partial charge in [0.05, 0.1) is 19.7 Å². The minimum Gasteiger partial charge on any atom is -0.497 e. The molecule has 2 N–H and O–H groups in total. The highest BCUT2D eigenvalue weighted by atomic mass is 16.5. The van der Waals surface area contributed by atoms with Crippen LogP contribution in [-0.4, -0.2) is 43.5 Å². The minimum absolute atomic E-state index is 0.0868. The fourth-order valence-corrected chi connectivity index (χ4v) is 2.98. The Bertz CT molecular complexity index is 1020. The standard InChI is InChI=1S/C23H25N3O3/c1-16(23(28)25-20-12-11-17-7-4-5-8-18(17)13-20)26(2)15-22(27)24-19-9-6-10-21(14-19)29-3/h4-14,16H,15H2,1-3H3,(H,24,27)(H,25,28)/t16-/m0/s1. The fraction of sp³-hybridized carbons (Fsp3) is 0.217. The van der Waals surface area contributed by atoms with Crippen LogP contribution in [-0.2, 0) is 9.59 Å². The number of nitrogens with one attached hydrogen (secondary N) is 2. The maximum Gasteiger partial charge on any atom is 0.241 e. The molecular weight excluding hydrogens is 366 g/mol. The maximum absolute atomic E-state index is 12.6. The average molecular weight is 391 g/mol. The molecule has 0 spiro atoms. The number of rotatable bonds is 7. The number of carbonyl (C=O) groups excluding carboxylic acids is 2. The lowest BCUT2D eigenvalue weighted by Gasteiger charge is -2.23. The summed E-state index contributed by atoms with van der Waals surface area (Å²) in [7, 11) is 3.32. The second-order valence-corrected chi connectivity index (χ2v) is 6.92. The summed E-state index contributed by atoms with van der Waals surface area (Å²) in [6.07, 6.45) is 0. The average Bonchev–Trinajstić information content (AvgIpc) is 2.73. The van der Waals surface area contributed by atoms with Gasteiger partial charge in [0.2, 0.25) is 11.8 Å². The monoisotopic (exact) mass is 391 g/mol. The SMILES string of the molecule is COc1cccc(NC(=O)CN(C)[C@@H](C)C(=O)Nc2ccc3ccccc3c2)c1. The summed E-state index contributed by atoms with van der Waals surface area (Å²) in [6, 6.07) is 20.4. The van der Waals surface area contributed by atoms with Crippen LogP contribution in [0.3, 0.4) is 0 Å². The number of carbonyl (C=O) groups is 2. The van der Waals surface area contributed by atoms with Gasteiger partial charge < -0.3 is 15.4 Å². The van der Waals surface area contributed by atoms with Crippen molar-refractivity contribution in [2.24, 2.45) is 0 Å². The molecule has 2 amide bonds. The molecule has 0 radical (unpaired) electrons. The Morgan fingerprint density at radius 2 is 1.66 bits per heavy atom. The molecule has 0 aromatic heterocycles. The molecule has 0 saturated heterocycles. The van der Waals surface area contributed by atoms with Crippen LogP contribution in [0.1, 0.15) is 6.92 Å². The Hall–Kier alpha value is -3.38. The molecule has 6 heteroatoms. The van der Waals surface area contributed by atoms with Crippen molar-refractivity contribution in [1.29, 1.82) is 0 Å². The number of anilines is 2. The Morgan fingerprint density at radius 3 is 2.41 bits per heavy atom. The number of fused-ring (bicyclic) bond motifs is 1. The van der Waals surface area contributed by atoms with E-state index in [4.69, 9.17) is 4.74 Å². The Morgan fingerprint density at radius 1 is 0.931 bits per heavy atom. The highest BCUT2D eigenvalue weighted by Crippen LogP contribution is 2.19. The number of likely N-dealkylation sites (N-methyl/N-ethyl adjacent to an activating group) is 1. The predicted octanol–water partition coefficient (Wildman–Crippen LogP) is 3.75. The normalized spacial score (nSPS) is 11.9. The fourth-order valence-electron chi connectivity index (χ4n) is 2.98. The van der Waals surface area contributed by atoms with Gasteiger partial charge in [0.25, 0.3) is 0 Å². The Balaban J connectivity index is 1.57. The second kappa shape index (κ2) is 9.21. The van der Waals surface area contributed by atoms with Crippen LogP contribution in [0.4, 0.5) is 11.4 Å². The van der Waals surface area contributed by atoms with E-state index >= 15 is 0 Å². The van der Waals surface area contributed by atoms with E-state index in [2.05, 4.69) is 10.6 Å². The van der Waals surface area contributed by atoms with Crippen molar-refractivity contribution in [2.45, 2.75) is 13.0 Å². The minimum atomic E-state index is -0.475. The first-order valence-corrected chi connectivity index (χ1v) is 9.40. The molecule has 150 valence electrons. The highest BCUT2D eigenvalue weighted by Gasteiger charge is 2.20. The van der Waals surface area contributed by atoms with Crippen molar-refractivity contribution < 1.29 is 14.3 Å². The van der Waals surface area contributed by atoms with Gasteiger partial charge in [-0.3, -0.25) is 14.5 Å². The number of amides is 2. The molecule has 3 aromatic rings. The predicted molar refractivity (Wildman–Crippen MR) is 116 cm³/mol. The third-order valence-corrected chi connectivity index (χ3v) is 4.80. The highest BCUT2D eigenvalue weighted by molar-refractivity contribution is 5.98. The zero-order valence-corrected chi connectivity index (χ0v) is 16.8. The summed E-state index contributed by atoms with van der Waals surface area (Å²) in [5.41, 5.74) is 1.38. The zero-order valence-electron chi connectivity index (χ0n) is 16.8. The Labute approximate surface area is 170 Å². The number of hydrogen-bond acceptors (Lipinski definition) is 4. The van der Waals surface area contributed by atoms with Crippen LogP contribution in [0.5, 0.6) is 5.75 Å². The van der Waals surface area contributed by atoms with E-state index in [1.54, 1.807) is 50.2 Å². The first-order chi connectivity index (χ1) is 14.0. The van der Waals surface area contributed by atoms with E-state index < -0.39 is 6.04 Å². The van der Waals surface area contributed by atoms with Crippen molar-refractivity contribution >= 4 is 34.0 Å². The lowest BCUT2D eigenvalue weighted by Crippen LogP contribution is -2.43. The molecule has 0 aliphatic heterocycles. The van der Waals surface area contributed by atoms with Crippen LogP contribution in [0.25, 0.3) is 10.8 Å². The molecule has 0 bridgehead atoms. The van der Waals surface area contributed by atoms with E-state index in [0.717, 1.165) is 16.5 Å². The van der Waals surface area contributed by atoms with Crippen LogP contribution in [0.2, 0.25) is 0 Å². The van der Waals surface area contributed by atoms with E-state index in [9.17, 15) is 9.59 Å². The molecule has 3 aromatic carbocycles. The molecule has 29 heavy (non-hydrogen) atoms. The van der Waals surface area contributed by atoms with Crippen LogP contribution in [0, 0.1) is 0 Å². The van der Waals surface area contributed by atoms with Gasteiger partial charge >= 0.3 is 0 Å². The third-order valence-electron chi connectivity index (χ3n) is 4.80. The zero-order chi connectivity index (χ0) is 20.8. The van der Waals surface area contributed by atoms with E-state index in [1.165, 1.54) is 0 Å². The largest absolute Gasteiger partial charge is 0.497 e. The lowest BCUT2D eigenvalue weighted by molar-refractivity contribution is -0.122. The van der Waals surface area contributed by atoms with Crippen molar-refractivity contribution in [2.75, 3.05) is 31.3 Å².